The van der Waals surface area contributed by atoms with E-state index in [1.807, 2.05) is 6.92 Å². The standard InChI is InChI=1S/C10H18N4O/c1-3-4-14-7(2)12-13-10(14)9-5-8(15)6-11-9/h8-9,11,15H,3-6H2,1-2H3/t8?,9-/m0/s1. The van der Waals surface area contributed by atoms with Crippen LogP contribution in [0, 0.1) is 6.92 Å². The third-order valence-electron chi connectivity index (χ3n) is 2.83. The van der Waals surface area contributed by atoms with E-state index < -0.39 is 0 Å². The largest absolute Gasteiger partial charge is 0.392 e. The summed E-state index contributed by atoms with van der Waals surface area (Å²) in [6.45, 7) is 5.71. The summed E-state index contributed by atoms with van der Waals surface area (Å²) in [5.41, 5.74) is 0. The molecule has 1 aromatic rings. The van der Waals surface area contributed by atoms with E-state index >= 15 is 0 Å². The molecule has 0 bridgehead atoms. The van der Waals surface area contributed by atoms with Gasteiger partial charge in [0.1, 0.15) is 11.6 Å². The van der Waals surface area contributed by atoms with E-state index in [2.05, 4.69) is 27.0 Å². The molecule has 2 heterocycles. The van der Waals surface area contributed by atoms with Gasteiger partial charge in [0.2, 0.25) is 0 Å². The Balaban J connectivity index is 2.20. The molecule has 5 nitrogen and oxygen atoms in total. The van der Waals surface area contributed by atoms with E-state index in [1.54, 1.807) is 0 Å². The number of nitrogens with one attached hydrogen (secondary N) is 1. The van der Waals surface area contributed by atoms with Crippen LogP contribution in [-0.4, -0.2) is 32.5 Å². The molecule has 15 heavy (non-hydrogen) atoms. The summed E-state index contributed by atoms with van der Waals surface area (Å²) < 4.78 is 2.13. The Kier molecular flexibility index (Phi) is 3.02. The summed E-state index contributed by atoms with van der Waals surface area (Å²) in [7, 11) is 0. The van der Waals surface area contributed by atoms with Crippen molar-refractivity contribution in [2.24, 2.45) is 0 Å². The van der Waals surface area contributed by atoms with E-state index in [1.165, 1.54) is 0 Å². The molecule has 1 unspecified atom stereocenters. The number of aromatic nitrogens is 3. The molecule has 1 aliphatic heterocycles. The van der Waals surface area contributed by atoms with Crippen molar-refractivity contribution in [1.29, 1.82) is 0 Å². The van der Waals surface area contributed by atoms with Gasteiger partial charge in [-0.25, -0.2) is 0 Å². The van der Waals surface area contributed by atoms with Gasteiger partial charge >= 0.3 is 0 Å². The lowest BCUT2D eigenvalue weighted by Crippen LogP contribution is -2.19. The normalized spacial score (nSPS) is 26.1. The van der Waals surface area contributed by atoms with E-state index in [9.17, 15) is 5.11 Å². The molecule has 0 saturated carbocycles. The van der Waals surface area contributed by atoms with Crippen molar-refractivity contribution in [3.05, 3.63) is 11.6 Å². The number of hydrogen-bond acceptors (Lipinski definition) is 4. The van der Waals surface area contributed by atoms with E-state index in [0.717, 1.165) is 31.0 Å². The predicted octanol–water partition coefficient (Wildman–Crippen LogP) is 0.392. The van der Waals surface area contributed by atoms with Crippen molar-refractivity contribution in [1.82, 2.24) is 20.1 Å². The molecule has 0 aliphatic carbocycles. The molecule has 0 spiro atoms. The highest BCUT2D eigenvalue weighted by atomic mass is 16.3. The number of aliphatic hydroxyl groups is 1. The average Bonchev–Trinajstić information content (AvgIpc) is 2.76. The van der Waals surface area contributed by atoms with Crippen LogP contribution in [0.2, 0.25) is 0 Å². The van der Waals surface area contributed by atoms with Crippen molar-refractivity contribution in [3.8, 4) is 0 Å². The van der Waals surface area contributed by atoms with Gasteiger partial charge in [0.05, 0.1) is 12.1 Å². The first-order valence-electron chi connectivity index (χ1n) is 5.53. The molecule has 2 atom stereocenters. The molecule has 2 N–H and O–H groups in total. The minimum absolute atomic E-state index is 0.160. The van der Waals surface area contributed by atoms with Crippen LogP contribution in [0.15, 0.2) is 0 Å². The molecule has 1 aliphatic rings. The van der Waals surface area contributed by atoms with Gasteiger partial charge in [0.25, 0.3) is 0 Å². The van der Waals surface area contributed by atoms with E-state index in [-0.39, 0.29) is 12.1 Å². The topological polar surface area (TPSA) is 63.0 Å². The molecule has 1 saturated heterocycles. The maximum atomic E-state index is 9.47. The second-order valence-corrected chi connectivity index (χ2v) is 4.11. The second kappa shape index (κ2) is 4.28. The highest BCUT2D eigenvalue weighted by Crippen LogP contribution is 2.22. The maximum Gasteiger partial charge on any atom is 0.150 e. The summed E-state index contributed by atoms with van der Waals surface area (Å²) in [6.07, 6.45) is 1.56. The zero-order chi connectivity index (χ0) is 10.8. The Hall–Kier alpha value is -0.940. The molecule has 0 radical (unpaired) electrons. The molecule has 2 rings (SSSR count). The first kappa shape index (κ1) is 10.6. The van der Waals surface area contributed by atoms with Crippen molar-refractivity contribution in [2.75, 3.05) is 6.54 Å². The van der Waals surface area contributed by atoms with Crippen LogP contribution in [0.3, 0.4) is 0 Å². The van der Waals surface area contributed by atoms with Crippen molar-refractivity contribution in [3.63, 3.8) is 0 Å². The number of hydrogen-bond donors (Lipinski definition) is 2. The highest BCUT2D eigenvalue weighted by molar-refractivity contribution is 5.03. The summed E-state index contributed by atoms with van der Waals surface area (Å²) >= 11 is 0. The minimum atomic E-state index is -0.248. The monoisotopic (exact) mass is 210 g/mol. The fourth-order valence-corrected chi connectivity index (χ4v) is 2.07. The van der Waals surface area contributed by atoms with E-state index in [4.69, 9.17) is 0 Å². The Bertz CT molecular complexity index is 336. The van der Waals surface area contributed by atoms with Crippen molar-refractivity contribution in [2.45, 2.75) is 45.4 Å². The summed E-state index contributed by atoms with van der Waals surface area (Å²) in [4.78, 5) is 0. The van der Waals surface area contributed by atoms with Gasteiger partial charge in [-0.3, -0.25) is 0 Å². The maximum absolute atomic E-state index is 9.47. The lowest BCUT2D eigenvalue weighted by molar-refractivity contribution is 0.192. The molecule has 0 amide bonds. The molecule has 1 aromatic heterocycles. The first-order chi connectivity index (χ1) is 7.22. The number of β-amino-alcohol motifs (C(OH)–C–C–N with tert-alkyl or cyclic N) is 1. The summed E-state index contributed by atoms with van der Waals surface area (Å²) in [5, 5.41) is 21.0. The fraction of sp³-hybridized carbons (Fsp3) is 0.800. The summed E-state index contributed by atoms with van der Waals surface area (Å²) in [6, 6.07) is 0.160. The number of rotatable bonds is 3. The van der Waals surface area contributed by atoms with Gasteiger partial charge in [0, 0.05) is 13.1 Å². The van der Waals surface area contributed by atoms with Crippen LogP contribution in [0.25, 0.3) is 0 Å². The lowest BCUT2D eigenvalue weighted by Gasteiger charge is -2.12. The molecule has 84 valence electrons. The van der Waals surface area contributed by atoms with Gasteiger partial charge in [-0.15, -0.1) is 10.2 Å². The number of aryl methyl sites for hydroxylation is 1. The number of aliphatic hydroxyl groups excluding tert-OH is 1. The first-order valence-corrected chi connectivity index (χ1v) is 5.53. The van der Waals surface area contributed by atoms with Gasteiger partial charge in [-0.1, -0.05) is 6.92 Å². The van der Waals surface area contributed by atoms with Gasteiger partial charge < -0.3 is 15.0 Å². The van der Waals surface area contributed by atoms with Gasteiger partial charge in [-0.2, -0.15) is 0 Å². The molecule has 0 aromatic carbocycles. The molecular formula is C10H18N4O. The van der Waals surface area contributed by atoms with Gasteiger partial charge in [0.15, 0.2) is 0 Å². The van der Waals surface area contributed by atoms with Crippen LogP contribution >= 0.6 is 0 Å². The van der Waals surface area contributed by atoms with Gasteiger partial charge in [-0.05, 0) is 19.8 Å². The third-order valence-corrected chi connectivity index (χ3v) is 2.83. The second-order valence-electron chi connectivity index (χ2n) is 4.11. The zero-order valence-corrected chi connectivity index (χ0v) is 9.27. The Morgan fingerprint density at radius 2 is 2.33 bits per heavy atom. The third kappa shape index (κ3) is 2.03. The summed E-state index contributed by atoms with van der Waals surface area (Å²) in [5.74, 6) is 1.92. The average molecular weight is 210 g/mol. The predicted molar refractivity (Wildman–Crippen MR) is 56.4 cm³/mol. The Morgan fingerprint density at radius 1 is 1.53 bits per heavy atom. The van der Waals surface area contributed by atoms with Crippen LogP contribution in [0.4, 0.5) is 0 Å². The van der Waals surface area contributed by atoms with Crippen molar-refractivity contribution < 1.29 is 5.11 Å². The van der Waals surface area contributed by atoms with Crippen LogP contribution < -0.4 is 5.32 Å². The van der Waals surface area contributed by atoms with Crippen molar-refractivity contribution >= 4 is 0 Å². The fourth-order valence-electron chi connectivity index (χ4n) is 2.07. The Labute approximate surface area is 89.5 Å². The van der Waals surface area contributed by atoms with Crippen LogP contribution in [-0.2, 0) is 6.54 Å². The lowest BCUT2D eigenvalue weighted by atomic mass is 10.2. The smallest absolute Gasteiger partial charge is 0.150 e. The number of nitrogens with zero attached hydrogens (tertiary/aromatic N) is 3. The van der Waals surface area contributed by atoms with E-state index in [0.29, 0.717) is 6.54 Å². The quantitative estimate of drug-likeness (QED) is 0.757. The van der Waals surface area contributed by atoms with Crippen LogP contribution in [0.1, 0.15) is 37.5 Å². The Morgan fingerprint density at radius 3 is 2.93 bits per heavy atom. The van der Waals surface area contributed by atoms with Crippen LogP contribution in [0.5, 0.6) is 0 Å². The highest BCUT2D eigenvalue weighted by Gasteiger charge is 2.27. The minimum Gasteiger partial charge on any atom is -0.392 e. The SMILES string of the molecule is CCCn1c(C)nnc1[C@@H]1CC(O)CN1. The molecule has 1 fully saturated rings. The molecular weight excluding hydrogens is 192 g/mol. The zero-order valence-electron chi connectivity index (χ0n) is 9.27. The molecule has 5 heteroatoms.